The van der Waals surface area contributed by atoms with E-state index < -0.39 is 15.8 Å². The van der Waals surface area contributed by atoms with Gasteiger partial charge in [-0.2, -0.15) is 0 Å². The summed E-state index contributed by atoms with van der Waals surface area (Å²) in [7, 11) is -3.69. The number of rotatable bonds is 3. The lowest BCUT2D eigenvalue weighted by molar-refractivity contribution is 0.555. The Labute approximate surface area is 88.4 Å². The first kappa shape index (κ1) is 10.6. The summed E-state index contributed by atoms with van der Waals surface area (Å²) in [5.41, 5.74) is 0. The van der Waals surface area contributed by atoms with Crippen molar-refractivity contribution in [3.63, 3.8) is 0 Å². The highest BCUT2D eigenvalue weighted by molar-refractivity contribution is 7.89. The fraction of sp³-hybridized carbons (Fsp3) is 0.400. The van der Waals surface area contributed by atoms with Crippen LogP contribution in [0.1, 0.15) is 13.3 Å². The summed E-state index contributed by atoms with van der Waals surface area (Å²) in [6, 6.07) is 5.35. The minimum atomic E-state index is -3.69. The summed E-state index contributed by atoms with van der Waals surface area (Å²) >= 11 is 0. The minimum Gasteiger partial charge on any atom is -0.208 e. The van der Waals surface area contributed by atoms with Gasteiger partial charge in [-0.15, -0.1) is 0 Å². The van der Waals surface area contributed by atoms with E-state index in [4.69, 9.17) is 0 Å². The van der Waals surface area contributed by atoms with Crippen LogP contribution in [0.3, 0.4) is 0 Å². The third-order valence-electron chi connectivity index (χ3n) is 2.54. The Morgan fingerprint density at radius 1 is 1.40 bits per heavy atom. The SMILES string of the molecule is CC1CC1NS(=O)(=O)c1ccccc1F. The predicted molar refractivity (Wildman–Crippen MR) is 54.3 cm³/mol. The van der Waals surface area contributed by atoms with Crippen LogP contribution >= 0.6 is 0 Å². The van der Waals surface area contributed by atoms with Crippen LogP contribution in [0.4, 0.5) is 4.39 Å². The molecule has 1 N–H and O–H groups in total. The van der Waals surface area contributed by atoms with Gasteiger partial charge in [-0.05, 0) is 24.5 Å². The highest BCUT2D eigenvalue weighted by Crippen LogP contribution is 2.30. The predicted octanol–water partition coefficient (Wildman–Crippen LogP) is 1.51. The molecule has 0 saturated heterocycles. The van der Waals surface area contributed by atoms with Crippen molar-refractivity contribution in [1.29, 1.82) is 0 Å². The average molecular weight is 229 g/mol. The zero-order chi connectivity index (χ0) is 11.1. The van der Waals surface area contributed by atoms with Crippen LogP contribution in [0.15, 0.2) is 29.2 Å². The molecule has 2 atom stereocenters. The fourth-order valence-electron chi connectivity index (χ4n) is 1.41. The molecule has 0 spiro atoms. The van der Waals surface area contributed by atoms with E-state index in [1.54, 1.807) is 0 Å². The molecule has 82 valence electrons. The quantitative estimate of drug-likeness (QED) is 0.854. The summed E-state index contributed by atoms with van der Waals surface area (Å²) in [5.74, 6) is -0.357. The molecule has 3 nitrogen and oxygen atoms in total. The molecule has 0 aromatic heterocycles. The van der Waals surface area contributed by atoms with E-state index in [0.717, 1.165) is 12.5 Å². The number of nitrogens with one attached hydrogen (secondary N) is 1. The summed E-state index contributed by atoms with van der Waals surface area (Å²) in [6.45, 7) is 1.95. The lowest BCUT2D eigenvalue weighted by atomic mass is 10.4. The molecule has 1 aromatic rings. The lowest BCUT2D eigenvalue weighted by Gasteiger charge is -2.06. The number of benzene rings is 1. The first-order chi connectivity index (χ1) is 7.00. The van der Waals surface area contributed by atoms with Gasteiger partial charge in [-0.1, -0.05) is 19.1 Å². The van der Waals surface area contributed by atoms with E-state index >= 15 is 0 Å². The lowest BCUT2D eigenvalue weighted by Crippen LogP contribution is -2.27. The van der Waals surface area contributed by atoms with Crippen molar-refractivity contribution in [2.24, 2.45) is 5.92 Å². The van der Waals surface area contributed by atoms with E-state index in [1.807, 2.05) is 6.92 Å². The molecule has 2 unspecified atom stereocenters. The Kier molecular flexibility index (Phi) is 2.52. The highest BCUT2D eigenvalue weighted by atomic mass is 32.2. The Morgan fingerprint density at radius 2 is 2.00 bits per heavy atom. The van der Waals surface area contributed by atoms with E-state index in [-0.39, 0.29) is 10.9 Å². The van der Waals surface area contributed by atoms with Crippen LogP contribution in [0.5, 0.6) is 0 Å². The molecular formula is C10H12FNO2S. The maximum Gasteiger partial charge on any atom is 0.243 e. The third-order valence-corrected chi connectivity index (χ3v) is 4.07. The topological polar surface area (TPSA) is 46.2 Å². The first-order valence-corrected chi connectivity index (χ1v) is 6.26. The molecule has 0 heterocycles. The smallest absolute Gasteiger partial charge is 0.208 e. The van der Waals surface area contributed by atoms with Gasteiger partial charge >= 0.3 is 0 Å². The molecule has 0 amide bonds. The Bertz CT molecular complexity index is 472. The second kappa shape index (κ2) is 3.57. The van der Waals surface area contributed by atoms with Crippen molar-refractivity contribution in [3.05, 3.63) is 30.1 Å². The van der Waals surface area contributed by atoms with Gasteiger partial charge in [0, 0.05) is 6.04 Å². The van der Waals surface area contributed by atoms with E-state index in [9.17, 15) is 12.8 Å². The van der Waals surface area contributed by atoms with Crippen LogP contribution in [-0.2, 0) is 10.0 Å². The highest BCUT2D eigenvalue weighted by Gasteiger charge is 2.36. The van der Waals surface area contributed by atoms with Gasteiger partial charge in [0.1, 0.15) is 10.7 Å². The zero-order valence-corrected chi connectivity index (χ0v) is 9.09. The van der Waals surface area contributed by atoms with Gasteiger partial charge < -0.3 is 0 Å². The molecule has 1 saturated carbocycles. The van der Waals surface area contributed by atoms with Gasteiger partial charge in [0.2, 0.25) is 10.0 Å². The standard InChI is InChI=1S/C10H12FNO2S/c1-7-6-9(7)12-15(13,14)10-5-3-2-4-8(10)11/h2-5,7,9,12H,6H2,1H3. The Hall–Kier alpha value is -0.940. The normalized spacial score (nSPS) is 25.2. The molecular weight excluding hydrogens is 217 g/mol. The minimum absolute atomic E-state index is 0.0328. The van der Waals surface area contributed by atoms with Gasteiger partial charge in [0.05, 0.1) is 0 Å². The summed E-state index contributed by atoms with van der Waals surface area (Å²) < 4.78 is 39.1. The molecule has 1 fully saturated rings. The number of halogens is 1. The Morgan fingerprint density at radius 3 is 2.53 bits per heavy atom. The molecule has 5 heteroatoms. The third kappa shape index (κ3) is 2.18. The summed E-state index contributed by atoms with van der Waals surface area (Å²) in [4.78, 5) is -0.274. The van der Waals surface area contributed by atoms with Crippen molar-refractivity contribution in [1.82, 2.24) is 4.72 Å². The van der Waals surface area contributed by atoms with Crippen molar-refractivity contribution in [3.8, 4) is 0 Å². The molecule has 1 aliphatic carbocycles. The van der Waals surface area contributed by atoms with Crippen LogP contribution < -0.4 is 4.72 Å². The largest absolute Gasteiger partial charge is 0.243 e. The van der Waals surface area contributed by atoms with Crippen LogP contribution in [0.25, 0.3) is 0 Å². The maximum absolute atomic E-state index is 13.2. The molecule has 1 aromatic carbocycles. The zero-order valence-electron chi connectivity index (χ0n) is 8.27. The second-order valence-corrected chi connectivity index (χ2v) is 5.55. The van der Waals surface area contributed by atoms with Crippen molar-refractivity contribution in [2.45, 2.75) is 24.3 Å². The van der Waals surface area contributed by atoms with Crippen LogP contribution in [-0.4, -0.2) is 14.5 Å². The van der Waals surface area contributed by atoms with Crippen LogP contribution in [0.2, 0.25) is 0 Å². The van der Waals surface area contributed by atoms with E-state index in [1.165, 1.54) is 18.2 Å². The maximum atomic E-state index is 13.2. The van der Waals surface area contributed by atoms with E-state index in [0.29, 0.717) is 5.92 Å². The number of sulfonamides is 1. The Balaban J connectivity index is 2.26. The van der Waals surface area contributed by atoms with Crippen molar-refractivity contribution < 1.29 is 12.8 Å². The average Bonchev–Trinajstić information content (AvgIpc) is 2.81. The fourth-order valence-corrected chi connectivity index (χ4v) is 2.85. The van der Waals surface area contributed by atoms with E-state index in [2.05, 4.69) is 4.72 Å². The number of hydrogen-bond acceptors (Lipinski definition) is 2. The summed E-state index contributed by atoms with van der Waals surface area (Å²) in [6.07, 6.45) is 0.827. The number of hydrogen-bond donors (Lipinski definition) is 1. The first-order valence-electron chi connectivity index (χ1n) is 4.77. The second-order valence-electron chi connectivity index (χ2n) is 3.87. The molecule has 2 rings (SSSR count). The molecule has 0 radical (unpaired) electrons. The van der Waals surface area contributed by atoms with Crippen molar-refractivity contribution in [2.75, 3.05) is 0 Å². The van der Waals surface area contributed by atoms with Crippen molar-refractivity contribution >= 4 is 10.0 Å². The van der Waals surface area contributed by atoms with Gasteiger partial charge in [-0.25, -0.2) is 17.5 Å². The summed E-state index contributed by atoms with van der Waals surface area (Å²) in [5, 5.41) is 0. The molecule has 0 aliphatic heterocycles. The molecule has 15 heavy (non-hydrogen) atoms. The monoisotopic (exact) mass is 229 g/mol. The van der Waals surface area contributed by atoms with Gasteiger partial charge in [0.25, 0.3) is 0 Å². The molecule has 1 aliphatic rings. The van der Waals surface area contributed by atoms with Crippen LogP contribution in [0, 0.1) is 11.7 Å². The van der Waals surface area contributed by atoms with Gasteiger partial charge in [0.15, 0.2) is 0 Å². The molecule has 0 bridgehead atoms. The van der Waals surface area contributed by atoms with Gasteiger partial charge in [-0.3, -0.25) is 0 Å².